The quantitative estimate of drug-likeness (QED) is 0.0297. The number of hydrogen-bond donors (Lipinski definition) is 31. The monoisotopic (exact) mass is 1730 g/mol. The van der Waals surface area contributed by atoms with Crippen molar-refractivity contribution >= 4 is 29.6 Å². The lowest BCUT2D eigenvalue weighted by atomic mass is 9.88. The van der Waals surface area contributed by atoms with E-state index in [-0.39, 0.29) is 0 Å². The summed E-state index contributed by atoms with van der Waals surface area (Å²) in [5, 5.41) is 308. The van der Waals surface area contributed by atoms with Gasteiger partial charge in [-0.3, -0.25) is 19.2 Å². The number of hydrogen-bond acceptors (Lipinski definition) is 48. The second-order valence-corrected chi connectivity index (χ2v) is 29.6. The Morgan fingerprint density at radius 2 is 0.686 bits per heavy atom. The first kappa shape index (κ1) is 97.4. The highest BCUT2D eigenvalue weighted by Crippen LogP contribution is 2.41. The normalized spacial score (nSPS) is 47.6. The summed E-state index contributed by atoms with van der Waals surface area (Å²) in [4.78, 5) is 63.3. The van der Waals surface area contributed by atoms with E-state index in [0.717, 1.165) is 27.7 Å². The van der Waals surface area contributed by atoms with E-state index < -0.39 is 377 Å². The van der Waals surface area contributed by atoms with Crippen molar-refractivity contribution in [2.45, 2.75) is 316 Å². The van der Waals surface area contributed by atoms with Crippen LogP contribution in [0.15, 0.2) is 0 Å². The summed E-state index contributed by atoms with van der Waals surface area (Å²) in [6, 6.07) is -7.34. The van der Waals surface area contributed by atoms with Crippen LogP contribution in [-0.2, 0) is 104 Å². The van der Waals surface area contributed by atoms with Crippen LogP contribution in [0.1, 0.15) is 34.1 Å². The molecule has 4 amide bonds. The van der Waals surface area contributed by atoms with Crippen LogP contribution in [-0.4, -0.2) is 509 Å². The van der Waals surface area contributed by atoms with Gasteiger partial charge >= 0.3 is 5.97 Å². The van der Waals surface area contributed by atoms with Crippen LogP contribution in [0.5, 0.6) is 0 Å². The molecule has 9 saturated heterocycles. The van der Waals surface area contributed by atoms with E-state index in [1.54, 1.807) is 0 Å². The summed E-state index contributed by atoms with van der Waals surface area (Å²) < 4.78 is 99.4. The molecule has 0 aromatic heterocycles. The third kappa shape index (κ3) is 21.4. The minimum Gasteiger partial charge on any atom is -0.477 e. The van der Waals surface area contributed by atoms with Gasteiger partial charge in [-0.2, -0.15) is 0 Å². The molecule has 1 unspecified atom stereocenters. The molecule has 0 radical (unpaired) electrons. The maximum Gasteiger partial charge on any atom is 0.364 e. The maximum atomic E-state index is 13.1. The minimum absolute atomic E-state index is 0.793. The molecule has 682 valence electrons. The van der Waals surface area contributed by atoms with Crippen molar-refractivity contribution < 1.29 is 242 Å². The number of aliphatic hydroxyl groups is 26. The van der Waals surface area contributed by atoms with Gasteiger partial charge in [0.1, 0.15) is 213 Å². The predicted octanol–water partition coefficient (Wildman–Crippen LogP) is -20.8. The lowest BCUT2D eigenvalue weighted by Crippen LogP contribution is -2.71. The highest BCUT2D eigenvalue weighted by molar-refractivity contribution is 5.77. The number of nitrogens with one attached hydrogen (secondary N) is 4. The molecule has 9 aliphatic heterocycles. The smallest absolute Gasteiger partial charge is 0.364 e. The zero-order chi connectivity index (χ0) is 87.3. The molecular formula is C65H108N4O49. The van der Waals surface area contributed by atoms with E-state index in [2.05, 4.69) is 21.3 Å². The number of carboxylic acids is 1. The minimum atomic E-state index is -3.09. The third-order valence-corrected chi connectivity index (χ3v) is 21.3. The molecular weight excluding hydrogens is 1620 g/mol. The zero-order valence-corrected chi connectivity index (χ0v) is 63.1. The average Bonchev–Trinajstić information content (AvgIpc) is 0.768. The van der Waals surface area contributed by atoms with E-state index in [1.807, 2.05) is 0 Å². The Kier molecular flexibility index (Phi) is 34.7. The molecule has 31 N–H and O–H groups in total. The molecule has 53 heteroatoms. The van der Waals surface area contributed by atoms with Crippen LogP contribution in [0.2, 0.25) is 0 Å². The van der Waals surface area contributed by atoms with Crippen LogP contribution in [0.25, 0.3) is 0 Å². The van der Waals surface area contributed by atoms with Gasteiger partial charge < -0.3 is 240 Å². The number of carbonyl (C=O) groups is 5. The molecule has 9 aliphatic rings. The zero-order valence-electron chi connectivity index (χ0n) is 63.1. The van der Waals surface area contributed by atoms with Gasteiger partial charge in [-0.1, -0.05) is 0 Å². The summed E-state index contributed by atoms with van der Waals surface area (Å²) in [6.45, 7) is -6.52. The molecule has 9 rings (SSSR count). The van der Waals surface area contributed by atoms with E-state index in [0.29, 0.717) is 0 Å². The largest absolute Gasteiger partial charge is 0.477 e. The molecule has 0 bridgehead atoms. The van der Waals surface area contributed by atoms with Gasteiger partial charge in [0.25, 0.3) is 5.79 Å². The van der Waals surface area contributed by atoms with Gasteiger partial charge in [0, 0.05) is 34.1 Å². The van der Waals surface area contributed by atoms with Gasteiger partial charge in [-0.25, -0.2) is 4.79 Å². The lowest BCUT2D eigenvalue weighted by Gasteiger charge is -2.51. The number of aliphatic carboxylic acids is 1. The molecule has 0 aliphatic carbocycles. The van der Waals surface area contributed by atoms with Gasteiger partial charge in [0.05, 0.1) is 71.6 Å². The molecule has 0 aromatic rings. The Morgan fingerprint density at radius 3 is 1.15 bits per heavy atom. The van der Waals surface area contributed by atoms with E-state index in [4.69, 9.17) is 80.5 Å². The van der Waals surface area contributed by atoms with Gasteiger partial charge in [-0.05, 0) is 0 Å². The van der Waals surface area contributed by atoms with E-state index in [1.165, 1.54) is 0 Å². The first-order valence-corrected chi connectivity index (χ1v) is 37.3. The Morgan fingerprint density at radius 1 is 0.347 bits per heavy atom. The highest BCUT2D eigenvalue weighted by atomic mass is 16.8. The van der Waals surface area contributed by atoms with Crippen molar-refractivity contribution in [1.29, 1.82) is 0 Å². The molecule has 0 spiro atoms. The maximum absolute atomic E-state index is 13.1. The second kappa shape index (κ2) is 42.1. The lowest BCUT2D eigenvalue weighted by molar-refractivity contribution is -0.398. The standard InChI is InChI=1S/C65H108N4O49/c1-15(77)66-29-19(81)5-65(64(100)101,118-52(29)33(83)20(82)6-70)103-14-28-36(86)43(93)46(96)61(111-28)113-50-25(11-75)109-58(32(41(50)91)69-18(4)80)117-55-44(94)35(85)22(8-72)107-63(55)116-54-38(88)27(13-102-59-47(97)53(37(87)23(9-73)105-59)115-60-45(95)42(92)34(84)21(7-71)106-60)110-62(48(54)98)114-51-26(12-76)108-57(31(40(51)90)68-17(3)79)112-49-24(10-74)104-56(99)30(39(49)89)67-16(2)78/h19-63,70-76,81-99H,5-14H2,1-4H3,(H,66,77)(H,67,78)(H,68,79)(H,69,80)(H,100,101)/t19-,20+,21+,22+,23+,24+,25+,26+,27+,28+,29+,30+,31+,32+,33+,34+,35+,36-,37+,38+,39+,40+,41+,42-,43-,44-,45-,46+,47-,48-,49+,50+,51+,52+,53-,54-,55-,56?,57-,58-,59-,60+,61-,62-,63+,65+/m0/s1. The van der Waals surface area contributed by atoms with Gasteiger partial charge in [-0.15, -0.1) is 0 Å². The topological polar surface area (TPSA) is 837 Å². The summed E-state index contributed by atoms with van der Waals surface area (Å²) in [6.07, 6.45) is -89.2. The number of carbonyl (C=O) groups excluding carboxylic acids is 4. The van der Waals surface area contributed by atoms with E-state index in [9.17, 15) is 162 Å². The van der Waals surface area contributed by atoms with E-state index >= 15 is 0 Å². The number of rotatable bonds is 32. The Labute approximate surface area is 666 Å². The molecule has 9 fully saturated rings. The van der Waals surface area contributed by atoms with Crippen LogP contribution in [0, 0.1) is 0 Å². The van der Waals surface area contributed by atoms with Crippen molar-refractivity contribution in [2.24, 2.45) is 0 Å². The molecule has 46 atom stereocenters. The summed E-state index contributed by atoms with van der Waals surface area (Å²) >= 11 is 0. The van der Waals surface area contributed by atoms with Crippen molar-refractivity contribution in [3.05, 3.63) is 0 Å². The van der Waals surface area contributed by atoms with Crippen molar-refractivity contribution in [3.63, 3.8) is 0 Å². The summed E-state index contributed by atoms with van der Waals surface area (Å²) in [5.41, 5.74) is 0. The van der Waals surface area contributed by atoms with Crippen molar-refractivity contribution in [3.8, 4) is 0 Å². The van der Waals surface area contributed by atoms with Crippen molar-refractivity contribution in [2.75, 3.05) is 59.5 Å². The van der Waals surface area contributed by atoms with Crippen LogP contribution in [0.4, 0.5) is 0 Å². The van der Waals surface area contributed by atoms with Crippen LogP contribution >= 0.6 is 0 Å². The molecule has 0 aromatic carbocycles. The summed E-state index contributed by atoms with van der Waals surface area (Å²) in [5.74, 6) is -8.75. The summed E-state index contributed by atoms with van der Waals surface area (Å²) in [7, 11) is 0. The fraction of sp³-hybridized carbons (Fsp3) is 0.923. The predicted molar refractivity (Wildman–Crippen MR) is 361 cm³/mol. The SMILES string of the molecule is CC(=O)N[C@H]1[C@H](O[C@H]2[C@H](O)[C@@H](NC(C)=O)C(O)O[C@@H]2CO)O[C@H](CO)[C@@H](O[C@@H]2O[C@H](CO[C@H]3O[C@H](CO)[C@@H](O)[C@H](O[C@H]4O[C@H](CO)[C@@H](O)[C@H](O)[C@@H]4O)[C@@H]3O)[C@@H](O)[C@H](O[C@H]3O[C@H](CO)[C@@H](O)[C@H](O)[C@@H]3O[C@@H]3O[C@H](CO)[C@@H](O[C@@H]4O[C@H](CO[C@]5(C(=O)O)C[C@H](O)[C@@H](NC(C)=O)[C@H]([C@H](O)[C@H](O)CO)O5)[C@H](O)[C@H](O)[C@H]4O)[C@H](O)[C@H]3NC(C)=O)[C@@H]2O)[C@@H]1O. The molecule has 53 nitrogen and oxygen atoms in total. The third-order valence-electron chi connectivity index (χ3n) is 21.3. The number of amides is 4. The second-order valence-electron chi connectivity index (χ2n) is 29.6. The first-order valence-electron chi connectivity index (χ1n) is 37.3. The van der Waals surface area contributed by atoms with Crippen LogP contribution < -0.4 is 21.3 Å². The van der Waals surface area contributed by atoms with Crippen molar-refractivity contribution in [1.82, 2.24) is 21.3 Å². The highest BCUT2D eigenvalue weighted by Gasteiger charge is 2.62. The number of aliphatic hydroxyl groups excluding tert-OH is 26. The Bertz CT molecular complexity index is 3210. The average molecular weight is 1730 g/mol. The number of ether oxygens (including phenoxy) is 17. The first-order chi connectivity index (χ1) is 55.6. The molecule has 0 saturated carbocycles. The van der Waals surface area contributed by atoms with Gasteiger partial charge in [0.2, 0.25) is 23.6 Å². The molecule has 9 heterocycles. The number of carboxylic acid groups (broad SMARTS) is 1. The Hall–Kier alpha value is -4.37. The Balaban J connectivity index is 1.00. The molecule has 118 heavy (non-hydrogen) atoms. The van der Waals surface area contributed by atoms with Gasteiger partial charge in [0.15, 0.2) is 50.3 Å². The fourth-order valence-electron chi connectivity index (χ4n) is 15.1. The van der Waals surface area contributed by atoms with Crippen LogP contribution in [0.3, 0.4) is 0 Å². The fourth-order valence-corrected chi connectivity index (χ4v) is 15.1.